The quantitative estimate of drug-likeness (QED) is 0.859. The molecule has 0 saturated heterocycles. The first kappa shape index (κ1) is 12.4. The van der Waals surface area contributed by atoms with Crippen LogP contribution in [0.3, 0.4) is 0 Å². The predicted octanol–water partition coefficient (Wildman–Crippen LogP) is 3.68. The highest BCUT2D eigenvalue weighted by molar-refractivity contribution is 9.10. The van der Waals surface area contributed by atoms with Gasteiger partial charge in [-0.3, -0.25) is 4.79 Å². The van der Waals surface area contributed by atoms with Crippen molar-refractivity contribution in [3.05, 3.63) is 22.2 Å². The summed E-state index contributed by atoms with van der Waals surface area (Å²) in [6, 6.07) is 3.94. The number of halogens is 1. The lowest BCUT2D eigenvalue weighted by Crippen LogP contribution is -2.17. The minimum atomic E-state index is -0.0880. The van der Waals surface area contributed by atoms with Crippen molar-refractivity contribution in [3.63, 3.8) is 0 Å². The van der Waals surface area contributed by atoms with E-state index in [1.807, 2.05) is 19.1 Å². The molecule has 0 saturated carbocycles. The maximum absolute atomic E-state index is 11.6. The van der Waals surface area contributed by atoms with Crippen molar-refractivity contribution in [2.75, 3.05) is 5.32 Å². The first-order chi connectivity index (χ1) is 7.97. The first-order valence-electron chi connectivity index (χ1n) is 5.77. The van der Waals surface area contributed by atoms with E-state index in [2.05, 4.69) is 35.1 Å². The summed E-state index contributed by atoms with van der Waals surface area (Å²) < 4.78 is 6.83. The van der Waals surface area contributed by atoms with E-state index in [0.717, 1.165) is 21.5 Å². The van der Waals surface area contributed by atoms with Crippen LogP contribution in [0.5, 0.6) is 5.75 Å². The van der Waals surface area contributed by atoms with E-state index < -0.39 is 0 Å². The molecular weight excluding hydrogens is 282 g/mol. The minimum absolute atomic E-state index is 0.00376. The molecule has 1 aromatic rings. The van der Waals surface area contributed by atoms with Crippen LogP contribution in [0.4, 0.5) is 5.69 Å². The lowest BCUT2D eigenvalue weighted by Gasteiger charge is -2.18. The molecule has 1 amide bonds. The lowest BCUT2D eigenvalue weighted by atomic mass is 10.0. The van der Waals surface area contributed by atoms with Crippen LogP contribution < -0.4 is 10.1 Å². The molecule has 92 valence electrons. The van der Waals surface area contributed by atoms with Gasteiger partial charge in [-0.15, -0.1) is 0 Å². The van der Waals surface area contributed by atoms with Crippen molar-refractivity contribution in [1.29, 1.82) is 0 Å². The van der Waals surface area contributed by atoms with Gasteiger partial charge in [0.15, 0.2) is 0 Å². The monoisotopic (exact) mass is 297 g/mol. The molecule has 1 unspecified atom stereocenters. The van der Waals surface area contributed by atoms with Crippen molar-refractivity contribution >= 4 is 27.5 Å². The fourth-order valence-corrected chi connectivity index (χ4v) is 2.45. The Kier molecular flexibility index (Phi) is 3.43. The van der Waals surface area contributed by atoms with Crippen LogP contribution in [0.2, 0.25) is 0 Å². The van der Waals surface area contributed by atoms with Crippen molar-refractivity contribution in [1.82, 2.24) is 0 Å². The topological polar surface area (TPSA) is 38.3 Å². The summed E-state index contributed by atoms with van der Waals surface area (Å²) >= 11 is 3.46. The number of amides is 1. The first-order valence-corrected chi connectivity index (χ1v) is 6.56. The van der Waals surface area contributed by atoms with Gasteiger partial charge in [0.05, 0.1) is 12.1 Å². The number of carbonyl (C=O) groups excluding carboxylic acids is 1. The van der Waals surface area contributed by atoms with Gasteiger partial charge < -0.3 is 10.1 Å². The van der Waals surface area contributed by atoms with Crippen LogP contribution in [0.15, 0.2) is 16.6 Å². The third-order valence-electron chi connectivity index (χ3n) is 2.77. The lowest BCUT2D eigenvalue weighted by molar-refractivity contribution is -0.117. The van der Waals surface area contributed by atoms with Crippen molar-refractivity contribution in [2.45, 2.75) is 39.2 Å². The van der Waals surface area contributed by atoms with Gasteiger partial charge in [-0.1, -0.05) is 29.8 Å². The Bertz CT molecular complexity index is 457. The van der Waals surface area contributed by atoms with E-state index >= 15 is 0 Å². The second-order valence-electron chi connectivity index (χ2n) is 4.71. The van der Waals surface area contributed by atoms with Crippen molar-refractivity contribution in [2.24, 2.45) is 0 Å². The Morgan fingerprint density at radius 2 is 2.18 bits per heavy atom. The Labute approximate surface area is 110 Å². The van der Waals surface area contributed by atoms with Crippen molar-refractivity contribution < 1.29 is 9.53 Å². The highest BCUT2D eigenvalue weighted by Crippen LogP contribution is 2.39. The number of carbonyl (C=O) groups is 1. The van der Waals surface area contributed by atoms with Gasteiger partial charge in [0.1, 0.15) is 11.9 Å². The number of fused-ring (bicyclic) bond motifs is 1. The number of hydrogen-bond donors (Lipinski definition) is 1. The summed E-state index contributed by atoms with van der Waals surface area (Å²) in [5.41, 5.74) is 1.88. The molecule has 1 atom stereocenters. The van der Waals surface area contributed by atoms with E-state index in [0.29, 0.717) is 12.3 Å². The number of ether oxygens (including phenoxy) is 1. The van der Waals surface area contributed by atoms with Gasteiger partial charge in [-0.2, -0.15) is 0 Å². The minimum Gasteiger partial charge on any atom is -0.488 e. The number of rotatable bonds is 1. The predicted molar refractivity (Wildman–Crippen MR) is 71.6 cm³/mol. The molecule has 0 aromatic heterocycles. The standard InChI is InChI=1S/C13H16BrNO2/c1-7(2)10-5-9(14)6-11-13(10)17-8(3)4-12(16)15-11/h5-8H,4H2,1-3H3,(H,15,16). The molecule has 0 fully saturated rings. The molecule has 0 radical (unpaired) electrons. The van der Waals surface area contributed by atoms with Crippen LogP contribution >= 0.6 is 15.9 Å². The molecule has 17 heavy (non-hydrogen) atoms. The Morgan fingerprint density at radius 3 is 2.82 bits per heavy atom. The third-order valence-corrected chi connectivity index (χ3v) is 3.23. The summed E-state index contributed by atoms with van der Waals surface area (Å²) in [7, 11) is 0. The molecule has 1 aromatic carbocycles. The summed E-state index contributed by atoms with van der Waals surface area (Å²) in [5, 5.41) is 2.89. The fraction of sp³-hybridized carbons (Fsp3) is 0.462. The van der Waals surface area contributed by atoms with E-state index in [1.54, 1.807) is 0 Å². The normalized spacial score (nSPS) is 19.4. The Balaban J connectivity index is 2.55. The summed E-state index contributed by atoms with van der Waals surface area (Å²) in [6.45, 7) is 6.15. The molecule has 1 heterocycles. The maximum atomic E-state index is 11.6. The van der Waals surface area contributed by atoms with E-state index in [1.165, 1.54) is 0 Å². The highest BCUT2D eigenvalue weighted by atomic mass is 79.9. The molecule has 1 aliphatic rings. The van der Waals surface area contributed by atoms with Crippen LogP contribution in [-0.4, -0.2) is 12.0 Å². The number of hydrogen-bond acceptors (Lipinski definition) is 2. The van der Waals surface area contributed by atoms with Gasteiger partial charge in [-0.05, 0) is 30.5 Å². The van der Waals surface area contributed by atoms with Gasteiger partial charge in [0, 0.05) is 4.47 Å². The zero-order valence-electron chi connectivity index (χ0n) is 10.2. The average molecular weight is 298 g/mol. The maximum Gasteiger partial charge on any atom is 0.228 e. The Hall–Kier alpha value is -1.03. The van der Waals surface area contributed by atoms with Gasteiger partial charge in [0.25, 0.3) is 0 Å². The summed E-state index contributed by atoms with van der Waals surface area (Å²) in [6.07, 6.45) is 0.305. The van der Waals surface area contributed by atoms with E-state index in [4.69, 9.17) is 4.74 Å². The van der Waals surface area contributed by atoms with E-state index in [9.17, 15) is 4.79 Å². The van der Waals surface area contributed by atoms with Crippen LogP contribution in [0.1, 0.15) is 38.7 Å². The van der Waals surface area contributed by atoms with E-state index in [-0.39, 0.29) is 12.0 Å². The molecule has 0 bridgehead atoms. The molecule has 3 nitrogen and oxygen atoms in total. The van der Waals surface area contributed by atoms with Crippen LogP contribution in [-0.2, 0) is 4.79 Å². The number of nitrogens with one attached hydrogen (secondary N) is 1. The molecule has 4 heteroatoms. The molecule has 1 N–H and O–H groups in total. The van der Waals surface area contributed by atoms with Gasteiger partial charge in [-0.25, -0.2) is 0 Å². The molecular formula is C13H16BrNO2. The molecule has 0 spiro atoms. The highest BCUT2D eigenvalue weighted by Gasteiger charge is 2.23. The zero-order chi connectivity index (χ0) is 12.6. The fourth-order valence-electron chi connectivity index (χ4n) is 1.97. The Morgan fingerprint density at radius 1 is 1.47 bits per heavy atom. The van der Waals surface area contributed by atoms with Crippen LogP contribution in [0, 0.1) is 0 Å². The molecule has 0 aliphatic carbocycles. The number of benzene rings is 1. The average Bonchev–Trinajstić information content (AvgIpc) is 2.33. The zero-order valence-corrected chi connectivity index (χ0v) is 11.8. The third kappa shape index (κ3) is 2.63. The van der Waals surface area contributed by atoms with Gasteiger partial charge >= 0.3 is 0 Å². The smallest absolute Gasteiger partial charge is 0.228 e. The second-order valence-corrected chi connectivity index (χ2v) is 5.62. The SMILES string of the molecule is CC1CC(=O)Nc2cc(Br)cc(C(C)C)c2O1. The largest absolute Gasteiger partial charge is 0.488 e. The summed E-state index contributed by atoms with van der Waals surface area (Å²) in [5.74, 6) is 1.16. The van der Waals surface area contributed by atoms with Crippen LogP contribution in [0.25, 0.3) is 0 Å². The second kappa shape index (κ2) is 4.69. The van der Waals surface area contributed by atoms with Crippen molar-refractivity contribution in [3.8, 4) is 5.75 Å². The molecule has 2 rings (SSSR count). The molecule has 1 aliphatic heterocycles. The number of anilines is 1. The summed E-state index contributed by atoms with van der Waals surface area (Å²) in [4.78, 5) is 11.6. The van der Waals surface area contributed by atoms with Gasteiger partial charge in [0.2, 0.25) is 5.91 Å².